The van der Waals surface area contributed by atoms with Crippen LogP contribution in [0.2, 0.25) is 0 Å². The van der Waals surface area contributed by atoms with E-state index in [4.69, 9.17) is 15.6 Å². The third kappa shape index (κ3) is 3.77. The highest BCUT2D eigenvalue weighted by molar-refractivity contribution is 5.93. The quantitative estimate of drug-likeness (QED) is 0.645. The van der Waals surface area contributed by atoms with Crippen molar-refractivity contribution in [1.82, 2.24) is 0 Å². The van der Waals surface area contributed by atoms with E-state index in [9.17, 15) is 9.59 Å². The second-order valence-electron chi connectivity index (χ2n) is 4.12. The molecule has 1 aliphatic heterocycles. The molecule has 0 radical (unpaired) electrons. The summed E-state index contributed by atoms with van der Waals surface area (Å²) in [6, 6.07) is 3.80. The zero-order valence-corrected chi connectivity index (χ0v) is 10.8. The van der Waals surface area contributed by atoms with Gasteiger partial charge in [-0.05, 0) is 37.1 Å². The van der Waals surface area contributed by atoms with Crippen molar-refractivity contribution >= 4 is 11.9 Å². The van der Waals surface area contributed by atoms with E-state index in [1.807, 2.05) is 19.1 Å². The number of amides is 1. The predicted molar refractivity (Wildman–Crippen MR) is 69.3 cm³/mol. The maximum Gasteiger partial charge on any atom is 0.338 e. The van der Waals surface area contributed by atoms with Crippen molar-refractivity contribution in [1.29, 1.82) is 0 Å². The monoisotopic (exact) mass is 266 g/mol. The molecular weight excluding hydrogens is 248 g/mol. The highest BCUT2D eigenvalue weighted by Crippen LogP contribution is 2.25. The Hall–Kier alpha value is -1.92. The zero-order valence-electron chi connectivity index (χ0n) is 10.8. The number of ether oxygens (including phenoxy) is 1. The van der Waals surface area contributed by atoms with Crippen LogP contribution in [-0.2, 0) is 22.6 Å². The first kappa shape index (κ1) is 15.1. The topological polar surface area (TPSA) is 116 Å². The third-order valence-electron chi connectivity index (χ3n) is 2.85. The smallest absolute Gasteiger partial charge is 0.338 e. The predicted octanol–water partition coefficient (Wildman–Crippen LogP) is -0.369. The first-order valence-electron chi connectivity index (χ1n) is 5.89. The molecule has 5 N–H and O–H groups in total. The van der Waals surface area contributed by atoms with Gasteiger partial charge in [0.25, 0.3) is 0 Å². The van der Waals surface area contributed by atoms with Crippen LogP contribution in [0.5, 0.6) is 0 Å². The Bertz CT molecular complexity index is 486. The van der Waals surface area contributed by atoms with Crippen LogP contribution >= 0.6 is 0 Å². The van der Waals surface area contributed by atoms with Crippen LogP contribution in [-0.4, -0.2) is 30.1 Å². The molecule has 0 bridgehead atoms. The van der Waals surface area contributed by atoms with Crippen molar-refractivity contribution in [2.24, 2.45) is 11.5 Å². The highest BCUT2D eigenvalue weighted by Gasteiger charge is 2.23. The largest absolute Gasteiger partial charge is 0.457 e. The van der Waals surface area contributed by atoms with Gasteiger partial charge in [-0.3, -0.25) is 4.79 Å². The molecule has 0 aliphatic carbocycles. The van der Waals surface area contributed by atoms with Gasteiger partial charge in [0, 0.05) is 5.56 Å². The summed E-state index contributed by atoms with van der Waals surface area (Å²) in [5.41, 5.74) is 14.0. The maximum atomic E-state index is 11.2. The van der Waals surface area contributed by atoms with E-state index >= 15 is 0 Å². The molecule has 0 saturated carbocycles. The molecule has 6 heteroatoms. The SMILES string of the molecule is Cc1c(CCN)ccc2c1COC2=O.NC(=O)CO. The third-order valence-corrected chi connectivity index (χ3v) is 2.85. The molecule has 19 heavy (non-hydrogen) atoms. The average Bonchev–Trinajstić information content (AvgIpc) is 2.76. The van der Waals surface area contributed by atoms with Crippen molar-refractivity contribution in [3.8, 4) is 0 Å². The molecule has 1 heterocycles. The number of hydrogen-bond donors (Lipinski definition) is 3. The van der Waals surface area contributed by atoms with Crippen LogP contribution in [0.25, 0.3) is 0 Å². The molecule has 6 nitrogen and oxygen atoms in total. The highest BCUT2D eigenvalue weighted by atomic mass is 16.5. The molecule has 0 spiro atoms. The normalized spacial score (nSPS) is 12.3. The van der Waals surface area contributed by atoms with E-state index in [1.165, 1.54) is 5.56 Å². The summed E-state index contributed by atoms with van der Waals surface area (Å²) < 4.78 is 4.97. The number of benzene rings is 1. The van der Waals surface area contributed by atoms with Gasteiger partial charge in [0.15, 0.2) is 0 Å². The van der Waals surface area contributed by atoms with Crippen LogP contribution in [0.3, 0.4) is 0 Å². The number of carbonyl (C=O) groups is 2. The number of aliphatic hydroxyl groups excluding tert-OH is 1. The van der Waals surface area contributed by atoms with Crippen LogP contribution in [0, 0.1) is 6.92 Å². The first-order chi connectivity index (χ1) is 9.01. The van der Waals surface area contributed by atoms with Crippen molar-refractivity contribution in [3.05, 3.63) is 34.4 Å². The number of esters is 1. The van der Waals surface area contributed by atoms with Gasteiger partial charge in [-0.1, -0.05) is 6.07 Å². The van der Waals surface area contributed by atoms with E-state index in [0.29, 0.717) is 18.7 Å². The lowest BCUT2D eigenvalue weighted by molar-refractivity contribution is -0.120. The lowest BCUT2D eigenvalue weighted by Gasteiger charge is -2.07. The van der Waals surface area contributed by atoms with Crippen LogP contribution < -0.4 is 11.5 Å². The van der Waals surface area contributed by atoms with Crippen LogP contribution in [0.1, 0.15) is 27.0 Å². The van der Waals surface area contributed by atoms with Gasteiger partial charge in [0.2, 0.25) is 5.91 Å². The zero-order chi connectivity index (χ0) is 14.4. The number of cyclic esters (lactones) is 1. The molecule has 0 atom stereocenters. The van der Waals surface area contributed by atoms with Crippen LogP contribution in [0.4, 0.5) is 0 Å². The van der Waals surface area contributed by atoms with Crippen molar-refractivity contribution in [2.75, 3.05) is 13.2 Å². The van der Waals surface area contributed by atoms with Crippen molar-refractivity contribution in [2.45, 2.75) is 20.0 Å². The summed E-state index contributed by atoms with van der Waals surface area (Å²) in [6.07, 6.45) is 0.854. The molecular formula is C13H18N2O4. The standard InChI is InChI=1S/C11H13NO2.C2H5NO2/c1-7-8(4-5-12)2-3-9-10(7)6-14-11(9)13;3-2(5)1-4/h2-3H,4-6,12H2,1H3;4H,1H2,(H2,3,5). The summed E-state index contributed by atoms with van der Waals surface area (Å²) in [6.45, 7) is 2.51. The molecule has 1 amide bonds. The van der Waals surface area contributed by atoms with Gasteiger partial charge in [-0.2, -0.15) is 0 Å². The number of primary amides is 1. The van der Waals surface area contributed by atoms with Crippen LogP contribution in [0.15, 0.2) is 12.1 Å². The van der Waals surface area contributed by atoms with E-state index < -0.39 is 12.5 Å². The second-order valence-corrected chi connectivity index (χ2v) is 4.12. The fourth-order valence-corrected chi connectivity index (χ4v) is 1.82. The lowest BCUT2D eigenvalue weighted by Crippen LogP contribution is -2.14. The molecule has 1 aromatic carbocycles. The molecule has 0 saturated heterocycles. The number of nitrogens with two attached hydrogens (primary N) is 2. The van der Waals surface area contributed by atoms with Gasteiger partial charge in [-0.25, -0.2) is 4.79 Å². The van der Waals surface area contributed by atoms with E-state index in [1.54, 1.807) is 0 Å². The molecule has 1 aliphatic rings. The first-order valence-corrected chi connectivity index (χ1v) is 5.89. The Morgan fingerprint density at radius 2 is 2.11 bits per heavy atom. The summed E-state index contributed by atoms with van der Waals surface area (Å²) in [5.74, 6) is -0.896. The Balaban J connectivity index is 0.000000312. The molecule has 104 valence electrons. The number of rotatable bonds is 3. The van der Waals surface area contributed by atoms with Gasteiger partial charge >= 0.3 is 5.97 Å². The summed E-state index contributed by atoms with van der Waals surface area (Å²) in [7, 11) is 0. The molecule has 0 unspecified atom stereocenters. The van der Waals surface area contributed by atoms with Gasteiger partial charge < -0.3 is 21.3 Å². The minimum atomic E-state index is -0.690. The fourth-order valence-electron chi connectivity index (χ4n) is 1.82. The van der Waals surface area contributed by atoms with Gasteiger partial charge in [-0.15, -0.1) is 0 Å². The molecule has 2 rings (SSSR count). The maximum absolute atomic E-state index is 11.2. The average molecular weight is 266 g/mol. The molecule has 0 fully saturated rings. The van der Waals surface area contributed by atoms with E-state index in [-0.39, 0.29) is 5.97 Å². The number of fused-ring (bicyclic) bond motifs is 1. The second kappa shape index (κ2) is 6.86. The van der Waals surface area contributed by atoms with Gasteiger partial charge in [0.05, 0.1) is 5.56 Å². The summed E-state index contributed by atoms with van der Waals surface area (Å²) >= 11 is 0. The minimum Gasteiger partial charge on any atom is -0.457 e. The lowest BCUT2D eigenvalue weighted by atomic mass is 9.97. The Labute approximate surface area is 111 Å². The van der Waals surface area contributed by atoms with E-state index in [0.717, 1.165) is 17.5 Å². The minimum absolute atomic E-state index is 0.206. The Kier molecular flexibility index (Phi) is 5.47. The summed E-state index contributed by atoms with van der Waals surface area (Å²) in [5, 5.41) is 7.67. The Morgan fingerprint density at radius 3 is 2.63 bits per heavy atom. The molecule has 1 aromatic rings. The fraction of sp³-hybridized carbons (Fsp3) is 0.385. The van der Waals surface area contributed by atoms with E-state index in [2.05, 4.69) is 5.73 Å². The number of aliphatic hydroxyl groups is 1. The van der Waals surface area contributed by atoms with Crippen molar-refractivity contribution in [3.63, 3.8) is 0 Å². The Morgan fingerprint density at radius 1 is 1.47 bits per heavy atom. The number of carbonyl (C=O) groups excluding carboxylic acids is 2. The molecule has 0 aromatic heterocycles. The number of hydrogen-bond acceptors (Lipinski definition) is 5. The van der Waals surface area contributed by atoms with Gasteiger partial charge in [0.1, 0.15) is 13.2 Å². The van der Waals surface area contributed by atoms with Crippen molar-refractivity contribution < 1.29 is 19.4 Å². The summed E-state index contributed by atoms with van der Waals surface area (Å²) in [4.78, 5) is 20.6.